The molecule has 0 bridgehead atoms. The lowest BCUT2D eigenvalue weighted by Gasteiger charge is -2.10. The maximum Gasteiger partial charge on any atom is 0.273 e. The Labute approximate surface area is 172 Å². The third-order valence-corrected chi connectivity index (χ3v) is 7.11. The fourth-order valence-corrected chi connectivity index (χ4v) is 5.82. The van der Waals surface area contributed by atoms with Crippen LogP contribution >= 0.6 is 34.4 Å². The first-order valence-electron chi connectivity index (χ1n) is 8.51. The van der Waals surface area contributed by atoms with Crippen molar-refractivity contribution in [3.8, 4) is 10.4 Å². The molecule has 0 aliphatic heterocycles. The number of thiophene rings is 2. The minimum atomic E-state index is -0.383. The molecule has 6 nitrogen and oxygen atoms in total. The highest BCUT2D eigenvalue weighted by Crippen LogP contribution is 2.35. The number of rotatable bonds is 6. The molecule has 0 saturated heterocycles. The van der Waals surface area contributed by atoms with E-state index in [0.717, 1.165) is 10.4 Å². The van der Waals surface area contributed by atoms with Crippen molar-refractivity contribution in [2.45, 2.75) is 24.4 Å². The molecule has 3 aromatic heterocycles. The molecule has 0 atom stereocenters. The summed E-state index contributed by atoms with van der Waals surface area (Å²) < 4.78 is 1.64. The Morgan fingerprint density at radius 2 is 2.04 bits per heavy atom. The molecule has 0 unspecified atom stereocenters. The Morgan fingerprint density at radius 1 is 1.21 bits per heavy atom. The van der Waals surface area contributed by atoms with Gasteiger partial charge in [0.05, 0.1) is 10.3 Å². The van der Waals surface area contributed by atoms with Gasteiger partial charge in [-0.15, -0.1) is 22.7 Å². The number of hydrogen-bond donors (Lipinski definition) is 0. The number of benzene rings is 1. The number of nitrogens with zero attached hydrogens (tertiary/aromatic N) is 3. The van der Waals surface area contributed by atoms with Gasteiger partial charge in [-0.05, 0) is 18.4 Å². The molecule has 4 rings (SSSR count). The van der Waals surface area contributed by atoms with Crippen molar-refractivity contribution in [3.63, 3.8) is 0 Å². The van der Waals surface area contributed by atoms with Crippen LogP contribution in [-0.4, -0.2) is 14.5 Å². The summed E-state index contributed by atoms with van der Waals surface area (Å²) in [5.74, 6) is 0.373. The number of nitro benzene ring substituents is 1. The largest absolute Gasteiger partial charge is 0.287 e. The van der Waals surface area contributed by atoms with E-state index in [1.165, 1.54) is 29.2 Å². The zero-order valence-electron chi connectivity index (χ0n) is 14.8. The lowest BCUT2D eigenvalue weighted by atomic mass is 10.2. The third kappa shape index (κ3) is 3.36. The standard InChI is InChI=1S/C19H15N3O3S3/c1-2-21-18(23)16-13(15-8-5-9-26-15)11-27-17(16)20-19(21)28-10-12-6-3-4-7-14(12)22(24)25/h3-9,11H,2,10H2,1H3. The van der Waals surface area contributed by atoms with Crippen LogP contribution in [0.25, 0.3) is 20.7 Å². The van der Waals surface area contributed by atoms with E-state index in [4.69, 9.17) is 4.98 Å². The molecule has 0 aliphatic rings. The van der Waals surface area contributed by atoms with Crippen LogP contribution in [0.5, 0.6) is 0 Å². The van der Waals surface area contributed by atoms with Crippen LogP contribution < -0.4 is 5.56 Å². The fraction of sp³-hybridized carbons (Fsp3) is 0.158. The lowest BCUT2D eigenvalue weighted by molar-refractivity contribution is -0.385. The van der Waals surface area contributed by atoms with Crippen molar-refractivity contribution in [3.05, 3.63) is 73.2 Å². The monoisotopic (exact) mass is 429 g/mol. The van der Waals surface area contributed by atoms with Gasteiger partial charge in [-0.25, -0.2) is 4.98 Å². The molecule has 0 aliphatic carbocycles. The van der Waals surface area contributed by atoms with Gasteiger partial charge in [0.1, 0.15) is 4.83 Å². The molecular weight excluding hydrogens is 414 g/mol. The summed E-state index contributed by atoms with van der Waals surface area (Å²) in [5.41, 5.74) is 1.55. The van der Waals surface area contributed by atoms with Gasteiger partial charge in [0.15, 0.2) is 5.16 Å². The summed E-state index contributed by atoms with van der Waals surface area (Å²) >= 11 is 4.39. The fourth-order valence-electron chi connectivity index (χ4n) is 2.96. The summed E-state index contributed by atoms with van der Waals surface area (Å²) in [6.45, 7) is 2.39. The van der Waals surface area contributed by atoms with Crippen LogP contribution in [0.2, 0.25) is 0 Å². The maximum absolute atomic E-state index is 13.2. The molecule has 0 radical (unpaired) electrons. The van der Waals surface area contributed by atoms with E-state index < -0.39 is 0 Å². The summed E-state index contributed by atoms with van der Waals surface area (Å²) in [4.78, 5) is 30.5. The van der Waals surface area contributed by atoms with E-state index in [2.05, 4.69) is 0 Å². The summed E-state index contributed by atoms with van der Waals surface area (Å²) in [6.07, 6.45) is 0. The second kappa shape index (κ2) is 7.86. The predicted molar refractivity (Wildman–Crippen MR) is 116 cm³/mol. The zero-order chi connectivity index (χ0) is 19.7. The Bertz CT molecular complexity index is 1210. The highest BCUT2D eigenvalue weighted by atomic mass is 32.2. The number of aromatic nitrogens is 2. The summed E-state index contributed by atoms with van der Waals surface area (Å²) in [6, 6.07) is 10.6. The van der Waals surface area contributed by atoms with E-state index in [1.807, 2.05) is 29.8 Å². The van der Waals surface area contributed by atoms with Gasteiger partial charge in [-0.3, -0.25) is 19.5 Å². The predicted octanol–water partition coefficient (Wildman–Crippen LogP) is 5.41. The van der Waals surface area contributed by atoms with Gasteiger partial charge < -0.3 is 0 Å². The molecule has 28 heavy (non-hydrogen) atoms. The normalized spacial score (nSPS) is 11.2. The van der Waals surface area contributed by atoms with Crippen LogP contribution in [-0.2, 0) is 12.3 Å². The first-order valence-corrected chi connectivity index (χ1v) is 11.3. The van der Waals surface area contributed by atoms with Gasteiger partial charge in [0.25, 0.3) is 11.2 Å². The van der Waals surface area contributed by atoms with Crippen molar-refractivity contribution in [2.24, 2.45) is 0 Å². The smallest absolute Gasteiger partial charge is 0.273 e. The molecule has 3 heterocycles. The third-order valence-electron chi connectivity index (χ3n) is 4.31. The number of thioether (sulfide) groups is 1. The van der Waals surface area contributed by atoms with Gasteiger partial charge in [-0.1, -0.05) is 36.0 Å². The van der Waals surface area contributed by atoms with E-state index >= 15 is 0 Å². The van der Waals surface area contributed by atoms with E-state index in [0.29, 0.717) is 33.2 Å². The number of nitro groups is 1. The minimum absolute atomic E-state index is 0.0674. The van der Waals surface area contributed by atoms with Crippen molar-refractivity contribution in [1.29, 1.82) is 0 Å². The van der Waals surface area contributed by atoms with Gasteiger partial charge in [0, 0.05) is 39.7 Å². The van der Waals surface area contributed by atoms with Crippen LogP contribution in [0.4, 0.5) is 5.69 Å². The number of para-hydroxylation sites is 1. The molecule has 4 aromatic rings. The van der Waals surface area contributed by atoms with Crippen molar-refractivity contribution in [2.75, 3.05) is 0 Å². The number of fused-ring (bicyclic) bond motifs is 1. The van der Waals surface area contributed by atoms with Gasteiger partial charge >= 0.3 is 0 Å². The average Bonchev–Trinajstić information content (AvgIpc) is 3.36. The van der Waals surface area contributed by atoms with Crippen molar-refractivity contribution >= 4 is 50.3 Å². The van der Waals surface area contributed by atoms with Gasteiger partial charge in [-0.2, -0.15) is 0 Å². The van der Waals surface area contributed by atoms with Crippen molar-refractivity contribution < 1.29 is 4.92 Å². The van der Waals surface area contributed by atoms with Crippen LogP contribution in [0.15, 0.2) is 57.1 Å². The highest BCUT2D eigenvalue weighted by molar-refractivity contribution is 7.98. The van der Waals surface area contributed by atoms with Crippen LogP contribution in [0.1, 0.15) is 12.5 Å². The Balaban J connectivity index is 1.75. The Kier molecular flexibility index (Phi) is 5.29. The second-order valence-corrected chi connectivity index (χ2v) is 8.67. The summed E-state index contributed by atoms with van der Waals surface area (Å²) in [5, 5.41) is 16.4. The first kappa shape index (κ1) is 18.9. The quantitative estimate of drug-likeness (QED) is 0.177. The second-order valence-electron chi connectivity index (χ2n) is 5.93. The van der Waals surface area contributed by atoms with E-state index in [1.54, 1.807) is 34.1 Å². The highest BCUT2D eigenvalue weighted by Gasteiger charge is 2.19. The molecule has 0 amide bonds. The van der Waals surface area contributed by atoms with Crippen molar-refractivity contribution in [1.82, 2.24) is 9.55 Å². The topological polar surface area (TPSA) is 78.0 Å². The molecule has 0 fully saturated rings. The van der Waals surface area contributed by atoms with Crippen LogP contribution in [0, 0.1) is 10.1 Å². The average molecular weight is 430 g/mol. The molecule has 142 valence electrons. The molecule has 0 saturated carbocycles. The summed E-state index contributed by atoms with van der Waals surface area (Å²) in [7, 11) is 0. The molecule has 9 heteroatoms. The first-order chi connectivity index (χ1) is 13.6. The maximum atomic E-state index is 13.2. The number of hydrogen-bond acceptors (Lipinski definition) is 7. The molecule has 0 spiro atoms. The Hall–Kier alpha value is -2.49. The van der Waals surface area contributed by atoms with E-state index in [-0.39, 0.29) is 16.2 Å². The SMILES string of the molecule is CCn1c(SCc2ccccc2[N+](=O)[O-])nc2scc(-c3cccs3)c2c1=O. The zero-order valence-corrected chi connectivity index (χ0v) is 17.3. The molecule has 1 aromatic carbocycles. The van der Waals surface area contributed by atoms with Crippen LogP contribution in [0.3, 0.4) is 0 Å². The molecular formula is C19H15N3O3S3. The van der Waals surface area contributed by atoms with E-state index in [9.17, 15) is 14.9 Å². The Morgan fingerprint density at radius 3 is 2.75 bits per heavy atom. The molecule has 0 N–H and O–H groups in total. The lowest BCUT2D eigenvalue weighted by Crippen LogP contribution is -2.22. The van der Waals surface area contributed by atoms with Gasteiger partial charge in [0.2, 0.25) is 0 Å². The minimum Gasteiger partial charge on any atom is -0.287 e.